The summed E-state index contributed by atoms with van der Waals surface area (Å²) in [6.07, 6.45) is -0.892. The molecule has 9 heteroatoms. The van der Waals surface area contributed by atoms with Crippen LogP contribution in [0.2, 0.25) is 0 Å². The van der Waals surface area contributed by atoms with Crippen molar-refractivity contribution in [2.75, 3.05) is 24.0 Å². The molecule has 2 aliphatic rings. The number of Topliss-reactive ketones (excluding diaryl/α,β-unsaturated/α-hetero) is 1. The van der Waals surface area contributed by atoms with Crippen molar-refractivity contribution in [3.05, 3.63) is 53.6 Å². The van der Waals surface area contributed by atoms with Crippen LogP contribution in [0.4, 0.5) is 16.2 Å². The van der Waals surface area contributed by atoms with E-state index in [1.54, 1.807) is 70.3 Å². The molecule has 1 N–H and O–H groups in total. The van der Waals surface area contributed by atoms with Gasteiger partial charge in [-0.3, -0.25) is 19.3 Å². The molecule has 4 rings (SSSR count). The highest BCUT2D eigenvalue weighted by atomic mass is 16.6. The van der Waals surface area contributed by atoms with Crippen LogP contribution in [0.5, 0.6) is 5.75 Å². The summed E-state index contributed by atoms with van der Waals surface area (Å²) in [5, 5.41) is 2.71. The topological polar surface area (TPSA) is 105 Å². The number of methoxy groups -OCH3 is 1. The summed E-state index contributed by atoms with van der Waals surface area (Å²) in [7, 11) is 3.03. The maximum atomic E-state index is 14.0. The number of rotatable bonds is 3. The number of ether oxygens (including phenoxy) is 2. The zero-order chi connectivity index (χ0) is 25.0. The van der Waals surface area contributed by atoms with Gasteiger partial charge in [0.25, 0.3) is 5.91 Å². The molecule has 34 heavy (non-hydrogen) atoms. The van der Waals surface area contributed by atoms with Crippen LogP contribution >= 0.6 is 0 Å². The number of para-hydroxylation sites is 1. The number of nitrogens with one attached hydrogen (secondary N) is 1. The Bertz CT molecular complexity index is 1220. The second kappa shape index (κ2) is 7.86. The van der Waals surface area contributed by atoms with Gasteiger partial charge in [0, 0.05) is 30.8 Å². The van der Waals surface area contributed by atoms with E-state index in [-0.39, 0.29) is 0 Å². The molecule has 2 aromatic carbocycles. The van der Waals surface area contributed by atoms with Gasteiger partial charge in [-0.25, -0.2) is 4.79 Å². The molecule has 9 nitrogen and oxygen atoms in total. The van der Waals surface area contributed by atoms with Crippen molar-refractivity contribution in [2.45, 2.75) is 44.9 Å². The molecule has 0 saturated heterocycles. The Kier molecular flexibility index (Phi) is 5.38. The molecule has 0 unspecified atom stereocenters. The first-order chi connectivity index (χ1) is 15.9. The molecule has 0 radical (unpaired) electrons. The van der Waals surface area contributed by atoms with Crippen LogP contribution < -0.4 is 19.9 Å². The van der Waals surface area contributed by atoms with E-state index in [9.17, 15) is 19.2 Å². The van der Waals surface area contributed by atoms with Crippen LogP contribution in [0.15, 0.2) is 42.5 Å². The number of carbonyl (C=O) groups is 4. The van der Waals surface area contributed by atoms with Crippen LogP contribution in [-0.2, 0) is 19.9 Å². The number of nitrogens with zero attached hydrogens (tertiary/aromatic N) is 2. The van der Waals surface area contributed by atoms with Gasteiger partial charge in [0.15, 0.2) is 11.3 Å². The Balaban J connectivity index is 1.99. The monoisotopic (exact) mass is 465 g/mol. The van der Waals surface area contributed by atoms with Crippen LogP contribution in [-0.4, -0.2) is 49.5 Å². The van der Waals surface area contributed by atoms with Crippen molar-refractivity contribution in [1.82, 2.24) is 5.32 Å². The van der Waals surface area contributed by atoms with E-state index in [1.165, 1.54) is 23.8 Å². The smallest absolute Gasteiger partial charge is 0.408 e. The van der Waals surface area contributed by atoms with E-state index < -0.39 is 40.9 Å². The van der Waals surface area contributed by atoms with Gasteiger partial charge >= 0.3 is 6.09 Å². The lowest BCUT2D eigenvalue weighted by Gasteiger charge is -2.38. The summed E-state index contributed by atoms with van der Waals surface area (Å²) >= 11 is 0. The molecule has 0 spiro atoms. The molecular weight excluding hydrogens is 438 g/mol. The number of amides is 3. The first-order valence-electron chi connectivity index (χ1n) is 10.8. The quantitative estimate of drug-likeness (QED) is 0.747. The van der Waals surface area contributed by atoms with Gasteiger partial charge in [0.05, 0.1) is 12.8 Å². The normalized spacial score (nSPS) is 21.3. The molecule has 2 aromatic rings. The Morgan fingerprint density at radius 3 is 2.35 bits per heavy atom. The third kappa shape index (κ3) is 3.39. The van der Waals surface area contributed by atoms with Gasteiger partial charge in [0.2, 0.25) is 5.91 Å². The highest BCUT2D eigenvalue weighted by Crippen LogP contribution is 2.49. The van der Waals surface area contributed by atoms with Crippen LogP contribution in [0, 0.1) is 0 Å². The second-order valence-electron chi connectivity index (χ2n) is 9.36. The number of carbonyl (C=O) groups excluding carboxylic acids is 4. The predicted molar refractivity (Wildman–Crippen MR) is 125 cm³/mol. The molecule has 0 bridgehead atoms. The van der Waals surface area contributed by atoms with Crippen LogP contribution in [0.1, 0.15) is 43.6 Å². The van der Waals surface area contributed by atoms with Gasteiger partial charge in [0.1, 0.15) is 17.4 Å². The lowest BCUT2D eigenvalue weighted by Crippen LogP contribution is -2.66. The highest BCUT2D eigenvalue weighted by molar-refractivity contribution is 6.23. The summed E-state index contributed by atoms with van der Waals surface area (Å²) in [5.41, 5.74) is -1.32. The summed E-state index contributed by atoms with van der Waals surface area (Å²) in [5.74, 6) is -1.05. The molecule has 2 atom stereocenters. The maximum Gasteiger partial charge on any atom is 0.408 e. The number of fused-ring (bicyclic) bond motifs is 2. The molecule has 2 aliphatic heterocycles. The summed E-state index contributed by atoms with van der Waals surface area (Å²) in [6.45, 7) is 6.39. The van der Waals surface area contributed by atoms with Crippen LogP contribution in [0.3, 0.4) is 0 Å². The summed E-state index contributed by atoms with van der Waals surface area (Å²) in [4.78, 5) is 56.4. The van der Waals surface area contributed by atoms with Crippen molar-refractivity contribution in [3.63, 3.8) is 0 Å². The lowest BCUT2D eigenvalue weighted by atomic mass is 9.80. The van der Waals surface area contributed by atoms with E-state index in [2.05, 4.69) is 5.32 Å². The Labute approximate surface area is 197 Å². The lowest BCUT2D eigenvalue weighted by molar-refractivity contribution is -0.125. The van der Waals surface area contributed by atoms with E-state index in [0.29, 0.717) is 28.3 Å². The Hall–Kier alpha value is -3.88. The van der Waals surface area contributed by atoms with Gasteiger partial charge in [-0.2, -0.15) is 0 Å². The Morgan fingerprint density at radius 2 is 1.74 bits per heavy atom. The summed E-state index contributed by atoms with van der Waals surface area (Å²) in [6, 6.07) is 10.2. The zero-order valence-corrected chi connectivity index (χ0v) is 20.0. The molecular formula is C25H27N3O6. The minimum atomic E-state index is -1.94. The van der Waals surface area contributed by atoms with Crippen molar-refractivity contribution < 1.29 is 28.7 Å². The fraction of sp³-hybridized carbons (Fsp3) is 0.360. The van der Waals surface area contributed by atoms with Crippen molar-refractivity contribution >= 4 is 35.1 Å². The van der Waals surface area contributed by atoms with Gasteiger partial charge < -0.3 is 19.7 Å². The fourth-order valence-corrected chi connectivity index (χ4v) is 4.70. The standard InChI is InChI=1S/C25H27N3O6/c1-14(29)28-18-10-8-7-9-16(18)20(30)21(28)25(26-23(32)34-24(2,3)4)17-13-15(33-6)11-12-19(17)27(5)22(25)31/h7-13,21H,1-6H3,(H,26,32)/t21-,25+/m1/s1. The number of alkyl carbamates (subject to hydrolysis) is 1. The van der Waals surface area contributed by atoms with E-state index in [0.717, 1.165) is 0 Å². The number of hydrogen-bond donors (Lipinski definition) is 1. The van der Waals surface area contributed by atoms with Gasteiger partial charge in [-0.1, -0.05) is 12.1 Å². The third-order valence-electron chi connectivity index (χ3n) is 6.02. The average molecular weight is 466 g/mol. The third-order valence-corrected chi connectivity index (χ3v) is 6.02. The average Bonchev–Trinajstić information content (AvgIpc) is 3.17. The molecule has 3 amide bonds. The maximum absolute atomic E-state index is 14.0. The largest absolute Gasteiger partial charge is 0.497 e. The molecule has 0 fully saturated rings. The van der Waals surface area contributed by atoms with Gasteiger partial charge in [-0.15, -0.1) is 0 Å². The minimum Gasteiger partial charge on any atom is -0.497 e. The number of anilines is 2. The van der Waals surface area contributed by atoms with E-state index in [4.69, 9.17) is 9.47 Å². The number of ketones is 1. The molecule has 0 aromatic heterocycles. The van der Waals surface area contributed by atoms with Crippen molar-refractivity contribution in [2.24, 2.45) is 0 Å². The molecule has 2 heterocycles. The van der Waals surface area contributed by atoms with Crippen LogP contribution in [0.25, 0.3) is 0 Å². The minimum absolute atomic E-state index is 0.292. The fourth-order valence-electron chi connectivity index (χ4n) is 4.70. The molecule has 0 aliphatic carbocycles. The van der Waals surface area contributed by atoms with E-state index in [1.807, 2.05) is 0 Å². The highest BCUT2D eigenvalue weighted by Gasteiger charge is 2.63. The summed E-state index contributed by atoms with van der Waals surface area (Å²) < 4.78 is 10.9. The van der Waals surface area contributed by atoms with Crippen molar-refractivity contribution in [1.29, 1.82) is 0 Å². The number of hydrogen-bond acceptors (Lipinski definition) is 6. The Morgan fingerprint density at radius 1 is 1.06 bits per heavy atom. The zero-order valence-electron chi connectivity index (χ0n) is 20.0. The first kappa shape index (κ1) is 23.3. The molecule has 0 saturated carbocycles. The first-order valence-corrected chi connectivity index (χ1v) is 10.8. The molecule has 178 valence electrons. The number of benzene rings is 2. The number of likely N-dealkylation sites (N-methyl/N-ethyl adjacent to an activating group) is 1. The predicted octanol–water partition coefficient (Wildman–Crippen LogP) is 3.01. The van der Waals surface area contributed by atoms with Gasteiger partial charge in [-0.05, 0) is 51.1 Å². The van der Waals surface area contributed by atoms with Crippen molar-refractivity contribution in [3.8, 4) is 5.75 Å². The van der Waals surface area contributed by atoms with E-state index >= 15 is 0 Å². The SMILES string of the molecule is COc1ccc2c(c1)[C@](NC(=O)OC(C)(C)C)([C@H]1C(=O)c3ccccc3N1C(C)=O)C(=O)N2C. The second-order valence-corrected chi connectivity index (χ2v) is 9.36.